The molecule has 2 fully saturated rings. The van der Waals surface area contributed by atoms with Crippen molar-refractivity contribution >= 4 is 0 Å². The van der Waals surface area contributed by atoms with E-state index in [0.29, 0.717) is 13.2 Å². The zero-order valence-corrected chi connectivity index (χ0v) is 31.0. The first-order chi connectivity index (χ1) is 26.2. The van der Waals surface area contributed by atoms with Crippen LogP contribution < -0.4 is 9.47 Å². The third-order valence-corrected chi connectivity index (χ3v) is 9.91. The zero-order valence-electron chi connectivity index (χ0n) is 31.0. The van der Waals surface area contributed by atoms with Crippen molar-refractivity contribution in [1.29, 1.82) is 0 Å². The molecule has 2 aliphatic heterocycles. The first-order valence-electron chi connectivity index (χ1n) is 19.2. The van der Waals surface area contributed by atoms with Gasteiger partial charge in [0.2, 0.25) is 0 Å². The highest BCUT2D eigenvalue weighted by molar-refractivity contribution is 5.65. The lowest BCUT2D eigenvalue weighted by atomic mass is 10.0. The Hall–Kier alpha value is -3.96. The van der Waals surface area contributed by atoms with Gasteiger partial charge >= 0.3 is 12.2 Å². The lowest BCUT2D eigenvalue weighted by Gasteiger charge is -2.24. The molecule has 0 aliphatic carbocycles. The van der Waals surface area contributed by atoms with Crippen LogP contribution in [0, 0.1) is 0 Å². The number of halogens is 4. The summed E-state index contributed by atoms with van der Waals surface area (Å²) in [5, 5.41) is 0. The van der Waals surface area contributed by atoms with Crippen LogP contribution in [0.2, 0.25) is 0 Å². The van der Waals surface area contributed by atoms with E-state index < -0.39 is 36.6 Å². The van der Waals surface area contributed by atoms with Gasteiger partial charge in [-0.1, -0.05) is 101 Å². The molecule has 0 amide bonds. The van der Waals surface area contributed by atoms with Crippen molar-refractivity contribution in [2.75, 3.05) is 26.4 Å². The van der Waals surface area contributed by atoms with Gasteiger partial charge in [-0.2, -0.15) is 17.6 Å². The fourth-order valence-electron chi connectivity index (χ4n) is 6.79. The van der Waals surface area contributed by atoms with Gasteiger partial charge in [-0.05, 0) is 83.6 Å². The van der Waals surface area contributed by atoms with Crippen LogP contribution in [0.3, 0.4) is 0 Å². The van der Waals surface area contributed by atoms with E-state index in [1.165, 1.54) is 49.9 Å². The molecule has 0 bridgehead atoms. The van der Waals surface area contributed by atoms with Crippen LogP contribution in [-0.4, -0.2) is 50.8 Å². The van der Waals surface area contributed by atoms with Crippen LogP contribution in [-0.2, 0) is 31.2 Å². The molecule has 4 aromatic rings. The molecule has 4 atom stereocenters. The van der Waals surface area contributed by atoms with E-state index in [-0.39, 0.29) is 24.3 Å². The van der Waals surface area contributed by atoms with Crippen molar-refractivity contribution < 1.29 is 46.0 Å². The van der Waals surface area contributed by atoms with Crippen LogP contribution in [0.1, 0.15) is 76.3 Å². The Kier molecular flexibility index (Phi) is 13.7. The summed E-state index contributed by atoms with van der Waals surface area (Å²) in [4.78, 5) is 0. The highest BCUT2D eigenvalue weighted by Gasteiger charge is 2.54. The fraction of sp³-hybridized carbons (Fsp3) is 0.455. The monoisotopic (exact) mass is 750 g/mol. The summed E-state index contributed by atoms with van der Waals surface area (Å²) in [6.45, 7) is 5.14. The molecule has 0 spiro atoms. The number of ether oxygens (including phenoxy) is 6. The SMILES string of the molecule is CCCCCCOc1ccc(-c2ccc(C(F)(F)O[C@H]3CO[C@@H]4[C@H]3OC[C@H]4OC(F)(F)c3ccc(-c4ccc(OCCCCCC)cc4)cc3)cc2)cc1. The van der Waals surface area contributed by atoms with Crippen molar-refractivity contribution in [1.82, 2.24) is 0 Å². The quantitative estimate of drug-likeness (QED) is 0.0662. The number of fused-ring (bicyclic) bond motifs is 1. The molecule has 0 unspecified atom stereocenters. The summed E-state index contributed by atoms with van der Waals surface area (Å²) in [5.41, 5.74) is 2.55. The van der Waals surface area contributed by atoms with E-state index in [0.717, 1.165) is 59.4 Å². The summed E-state index contributed by atoms with van der Waals surface area (Å²) >= 11 is 0. The van der Waals surface area contributed by atoms with E-state index in [1.54, 1.807) is 24.3 Å². The van der Waals surface area contributed by atoms with E-state index in [1.807, 2.05) is 48.5 Å². The number of unbranched alkanes of at least 4 members (excludes halogenated alkanes) is 6. The first-order valence-corrected chi connectivity index (χ1v) is 19.2. The Labute approximate surface area is 315 Å². The predicted molar refractivity (Wildman–Crippen MR) is 200 cm³/mol. The maximum atomic E-state index is 15.4. The van der Waals surface area contributed by atoms with Crippen LogP contribution >= 0.6 is 0 Å². The van der Waals surface area contributed by atoms with Crippen molar-refractivity contribution in [2.45, 2.75) is 102 Å². The average Bonchev–Trinajstić information content (AvgIpc) is 3.77. The molecular weight excluding hydrogens is 700 g/mol. The molecule has 0 aromatic heterocycles. The van der Waals surface area contributed by atoms with Crippen LogP contribution in [0.25, 0.3) is 22.3 Å². The van der Waals surface area contributed by atoms with Crippen LogP contribution in [0.15, 0.2) is 97.1 Å². The molecule has 54 heavy (non-hydrogen) atoms. The topological polar surface area (TPSA) is 55.4 Å². The minimum absolute atomic E-state index is 0.251. The van der Waals surface area contributed by atoms with Crippen molar-refractivity contribution in [3.63, 3.8) is 0 Å². The van der Waals surface area contributed by atoms with Gasteiger partial charge in [-0.25, -0.2) is 0 Å². The van der Waals surface area contributed by atoms with Crippen molar-refractivity contribution in [2.24, 2.45) is 0 Å². The minimum Gasteiger partial charge on any atom is -0.494 e. The molecule has 6 nitrogen and oxygen atoms in total. The van der Waals surface area contributed by atoms with Gasteiger partial charge in [0.25, 0.3) is 0 Å². The molecule has 0 N–H and O–H groups in total. The van der Waals surface area contributed by atoms with E-state index in [4.69, 9.17) is 28.4 Å². The Morgan fingerprint density at radius 3 is 1.15 bits per heavy atom. The van der Waals surface area contributed by atoms with Gasteiger partial charge in [0.1, 0.15) is 35.9 Å². The fourth-order valence-corrected chi connectivity index (χ4v) is 6.79. The van der Waals surface area contributed by atoms with Crippen molar-refractivity contribution in [3.8, 4) is 33.8 Å². The highest BCUT2D eigenvalue weighted by atomic mass is 19.3. The van der Waals surface area contributed by atoms with E-state index in [9.17, 15) is 0 Å². The molecule has 0 saturated carbocycles. The molecule has 2 aliphatic rings. The van der Waals surface area contributed by atoms with Gasteiger partial charge < -0.3 is 28.4 Å². The van der Waals surface area contributed by atoms with Gasteiger partial charge in [-0.3, -0.25) is 0 Å². The summed E-state index contributed by atoms with van der Waals surface area (Å²) in [6, 6.07) is 26.7. The molecule has 2 heterocycles. The maximum Gasteiger partial charge on any atom is 0.383 e. The zero-order chi connectivity index (χ0) is 38.0. The number of hydrogen-bond acceptors (Lipinski definition) is 6. The molecule has 6 rings (SSSR count). The third-order valence-electron chi connectivity index (χ3n) is 9.91. The molecule has 2 saturated heterocycles. The number of benzene rings is 4. The molecular formula is C44H50F4O6. The van der Waals surface area contributed by atoms with Crippen LogP contribution in [0.4, 0.5) is 17.6 Å². The molecule has 4 aromatic carbocycles. The minimum atomic E-state index is -3.67. The molecule has 10 heteroatoms. The van der Waals surface area contributed by atoms with Gasteiger partial charge in [0.15, 0.2) is 0 Å². The molecule has 290 valence electrons. The second-order valence-corrected chi connectivity index (χ2v) is 14.0. The summed E-state index contributed by atoms with van der Waals surface area (Å²) < 4.78 is 95.0. The van der Waals surface area contributed by atoms with Gasteiger partial charge in [-0.15, -0.1) is 0 Å². The lowest BCUT2D eigenvalue weighted by molar-refractivity contribution is -0.286. The largest absolute Gasteiger partial charge is 0.494 e. The van der Waals surface area contributed by atoms with Crippen LogP contribution in [0.5, 0.6) is 11.5 Å². The highest BCUT2D eigenvalue weighted by Crippen LogP contribution is 2.41. The van der Waals surface area contributed by atoms with Crippen molar-refractivity contribution in [3.05, 3.63) is 108 Å². The second kappa shape index (κ2) is 18.6. The predicted octanol–water partition coefficient (Wildman–Crippen LogP) is 11.3. The number of rotatable bonds is 20. The Morgan fingerprint density at radius 1 is 0.481 bits per heavy atom. The Balaban J connectivity index is 0.990. The first kappa shape index (κ1) is 39.7. The second-order valence-electron chi connectivity index (χ2n) is 14.0. The Morgan fingerprint density at radius 2 is 0.815 bits per heavy atom. The number of alkyl halides is 4. The third kappa shape index (κ3) is 10.2. The summed E-state index contributed by atoms with van der Waals surface area (Å²) in [5.74, 6) is 1.53. The molecule has 0 radical (unpaired) electrons. The lowest BCUT2D eigenvalue weighted by Crippen LogP contribution is -2.39. The van der Waals surface area contributed by atoms with E-state index in [2.05, 4.69) is 13.8 Å². The maximum absolute atomic E-state index is 15.4. The average molecular weight is 751 g/mol. The standard InChI is InChI=1S/C44H50F4O6/c1-3-5-7-9-27-49-37-23-15-33(16-24-37)31-11-19-35(20-12-31)43(45,46)53-39-29-51-42-40(30-52-41(39)42)54-44(47,48)36-21-13-32(14-22-36)34-17-25-38(26-18-34)50-28-10-8-6-4-2/h11-26,39-42H,3-10,27-30H2,1-2H3/t39-,40+,41-,42-/m0/s1. The van der Waals surface area contributed by atoms with Gasteiger partial charge in [0.05, 0.1) is 37.6 Å². The van der Waals surface area contributed by atoms with E-state index >= 15 is 17.6 Å². The smallest absolute Gasteiger partial charge is 0.383 e. The summed E-state index contributed by atoms with van der Waals surface area (Å²) in [6.07, 6.45) is -2.72. The number of hydrogen-bond donors (Lipinski definition) is 0. The van der Waals surface area contributed by atoms with Gasteiger partial charge in [0, 0.05) is 0 Å². The normalized spacial score (nSPS) is 19.9. The summed E-state index contributed by atoms with van der Waals surface area (Å²) in [7, 11) is 0. The Bertz CT molecular complexity index is 1590.